The molecule has 1 fully saturated rings. The highest BCUT2D eigenvalue weighted by molar-refractivity contribution is 5.90. The lowest BCUT2D eigenvalue weighted by molar-refractivity contribution is -0.116. The molecule has 0 spiro atoms. The van der Waals surface area contributed by atoms with Gasteiger partial charge in [0.1, 0.15) is 18.0 Å². The molecule has 3 rings (SSSR count). The molecule has 1 aromatic carbocycles. The van der Waals surface area contributed by atoms with Crippen LogP contribution < -0.4 is 15.5 Å². The van der Waals surface area contributed by atoms with Crippen LogP contribution in [0.2, 0.25) is 0 Å². The van der Waals surface area contributed by atoms with Crippen LogP contribution in [0.25, 0.3) is 0 Å². The van der Waals surface area contributed by atoms with Crippen molar-refractivity contribution in [3.05, 3.63) is 42.2 Å². The quantitative estimate of drug-likeness (QED) is 0.778. The van der Waals surface area contributed by atoms with Crippen LogP contribution in [0.4, 0.5) is 17.3 Å². The zero-order chi connectivity index (χ0) is 19.1. The summed E-state index contributed by atoms with van der Waals surface area (Å²) in [5, 5.41) is 6.23. The van der Waals surface area contributed by atoms with Gasteiger partial charge >= 0.3 is 0 Å². The summed E-state index contributed by atoms with van der Waals surface area (Å²) in [6.07, 6.45) is 5.37. The SMILES string of the molecule is CCNc1cc(N2CCCC(CCC(=O)Nc3ccc(C)cc3)C2)ncn1. The molecule has 1 amide bonds. The smallest absolute Gasteiger partial charge is 0.224 e. The second-order valence-electron chi connectivity index (χ2n) is 7.20. The molecule has 1 aliphatic heterocycles. The van der Waals surface area contributed by atoms with Gasteiger partial charge in [-0.25, -0.2) is 9.97 Å². The summed E-state index contributed by atoms with van der Waals surface area (Å²) in [6, 6.07) is 9.94. The highest BCUT2D eigenvalue weighted by Crippen LogP contribution is 2.25. The summed E-state index contributed by atoms with van der Waals surface area (Å²) >= 11 is 0. The van der Waals surface area contributed by atoms with Crippen LogP contribution in [0.5, 0.6) is 0 Å². The number of nitrogens with zero attached hydrogens (tertiary/aromatic N) is 3. The van der Waals surface area contributed by atoms with Crippen LogP contribution in [-0.2, 0) is 4.79 Å². The average Bonchev–Trinajstić information content (AvgIpc) is 2.69. The fourth-order valence-electron chi connectivity index (χ4n) is 3.50. The van der Waals surface area contributed by atoms with Crippen molar-refractivity contribution >= 4 is 23.2 Å². The van der Waals surface area contributed by atoms with E-state index < -0.39 is 0 Å². The van der Waals surface area contributed by atoms with E-state index in [2.05, 4.69) is 32.4 Å². The molecule has 0 saturated carbocycles. The van der Waals surface area contributed by atoms with Crippen molar-refractivity contribution in [3.8, 4) is 0 Å². The Morgan fingerprint density at radius 2 is 2.07 bits per heavy atom. The second kappa shape index (κ2) is 9.35. The third kappa shape index (κ3) is 5.67. The molecule has 2 N–H and O–H groups in total. The Morgan fingerprint density at radius 1 is 1.26 bits per heavy atom. The summed E-state index contributed by atoms with van der Waals surface area (Å²) in [7, 11) is 0. The molecule has 1 saturated heterocycles. The molecule has 6 nitrogen and oxygen atoms in total. The number of aryl methyl sites for hydroxylation is 1. The topological polar surface area (TPSA) is 70.2 Å². The molecule has 0 radical (unpaired) electrons. The van der Waals surface area contributed by atoms with Gasteiger partial charge in [0.15, 0.2) is 0 Å². The lowest BCUT2D eigenvalue weighted by Crippen LogP contribution is -2.36. The maximum atomic E-state index is 12.3. The maximum Gasteiger partial charge on any atom is 0.224 e. The van der Waals surface area contributed by atoms with E-state index in [9.17, 15) is 4.79 Å². The summed E-state index contributed by atoms with van der Waals surface area (Å²) in [4.78, 5) is 23.2. The van der Waals surface area contributed by atoms with E-state index in [0.717, 1.165) is 49.8 Å². The first-order valence-electron chi connectivity index (χ1n) is 9.81. The van der Waals surface area contributed by atoms with Gasteiger partial charge in [0.25, 0.3) is 0 Å². The predicted molar refractivity (Wildman–Crippen MR) is 110 cm³/mol. The van der Waals surface area contributed by atoms with Gasteiger partial charge in [-0.1, -0.05) is 17.7 Å². The Hall–Kier alpha value is -2.63. The van der Waals surface area contributed by atoms with Gasteiger partial charge in [0.05, 0.1) is 0 Å². The second-order valence-corrected chi connectivity index (χ2v) is 7.20. The van der Waals surface area contributed by atoms with Crippen molar-refractivity contribution in [3.63, 3.8) is 0 Å². The van der Waals surface area contributed by atoms with Gasteiger partial charge in [0.2, 0.25) is 5.91 Å². The molecular weight excluding hydrogens is 338 g/mol. The molecule has 1 aromatic heterocycles. The van der Waals surface area contributed by atoms with Crippen molar-refractivity contribution in [1.82, 2.24) is 9.97 Å². The van der Waals surface area contributed by atoms with Crippen LogP contribution in [0.15, 0.2) is 36.7 Å². The summed E-state index contributed by atoms with van der Waals surface area (Å²) in [5.74, 6) is 2.43. The largest absolute Gasteiger partial charge is 0.370 e. The zero-order valence-electron chi connectivity index (χ0n) is 16.2. The summed E-state index contributed by atoms with van der Waals surface area (Å²) in [6.45, 7) is 6.89. The van der Waals surface area contributed by atoms with Crippen LogP contribution in [0, 0.1) is 12.8 Å². The Balaban J connectivity index is 1.50. The molecular formula is C21H29N5O. The first-order chi connectivity index (χ1) is 13.1. The molecule has 2 heterocycles. The normalized spacial score (nSPS) is 16.8. The van der Waals surface area contributed by atoms with Gasteiger partial charge < -0.3 is 15.5 Å². The number of piperidine rings is 1. The monoisotopic (exact) mass is 367 g/mol. The first kappa shape index (κ1) is 19.1. The summed E-state index contributed by atoms with van der Waals surface area (Å²) < 4.78 is 0. The standard InChI is InChI=1S/C21H29N5O/c1-3-22-19-13-20(24-15-23-19)26-12-4-5-17(14-26)8-11-21(27)25-18-9-6-16(2)7-10-18/h6-7,9-10,13,15,17H,3-5,8,11-12,14H2,1-2H3,(H,25,27)(H,22,23,24). The fraction of sp³-hybridized carbons (Fsp3) is 0.476. The minimum atomic E-state index is 0.0902. The van der Waals surface area contributed by atoms with Crippen molar-refractivity contribution in [2.45, 2.75) is 39.5 Å². The van der Waals surface area contributed by atoms with Gasteiger partial charge in [-0.05, 0) is 51.2 Å². The van der Waals surface area contributed by atoms with E-state index in [1.807, 2.05) is 37.3 Å². The van der Waals surface area contributed by atoms with Gasteiger partial charge in [-0.3, -0.25) is 4.79 Å². The molecule has 0 bridgehead atoms. The van der Waals surface area contributed by atoms with Crippen molar-refractivity contribution < 1.29 is 4.79 Å². The zero-order valence-corrected chi connectivity index (χ0v) is 16.2. The number of carbonyl (C=O) groups is 1. The lowest BCUT2D eigenvalue weighted by Gasteiger charge is -2.33. The van der Waals surface area contributed by atoms with Crippen LogP contribution in [0.3, 0.4) is 0 Å². The maximum absolute atomic E-state index is 12.3. The van der Waals surface area contributed by atoms with Gasteiger partial charge in [-0.2, -0.15) is 0 Å². The van der Waals surface area contributed by atoms with Crippen molar-refractivity contribution in [2.24, 2.45) is 5.92 Å². The molecule has 27 heavy (non-hydrogen) atoms. The number of amides is 1. The van der Waals surface area contributed by atoms with Crippen molar-refractivity contribution in [1.29, 1.82) is 0 Å². The van der Waals surface area contributed by atoms with E-state index in [1.54, 1.807) is 6.33 Å². The minimum Gasteiger partial charge on any atom is -0.370 e. The molecule has 6 heteroatoms. The lowest BCUT2D eigenvalue weighted by atomic mass is 9.93. The van der Waals surface area contributed by atoms with E-state index in [-0.39, 0.29) is 5.91 Å². The number of hydrogen-bond acceptors (Lipinski definition) is 5. The van der Waals surface area contributed by atoms with Crippen LogP contribution in [0.1, 0.15) is 38.2 Å². The van der Waals surface area contributed by atoms with Crippen LogP contribution >= 0.6 is 0 Å². The minimum absolute atomic E-state index is 0.0902. The number of hydrogen-bond donors (Lipinski definition) is 2. The first-order valence-corrected chi connectivity index (χ1v) is 9.81. The number of anilines is 3. The number of aromatic nitrogens is 2. The predicted octanol–water partition coefficient (Wildman–Crippen LogP) is 3.85. The Morgan fingerprint density at radius 3 is 2.85 bits per heavy atom. The van der Waals surface area contributed by atoms with Gasteiger partial charge in [0, 0.05) is 37.8 Å². The Kier molecular flexibility index (Phi) is 6.63. The van der Waals surface area contributed by atoms with E-state index in [4.69, 9.17) is 0 Å². The summed E-state index contributed by atoms with van der Waals surface area (Å²) in [5.41, 5.74) is 2.06. The third-order valence-electron chi connectivity index (χ3n) is 4.97. The highest BCUT2D eigenvalue weighted by Gasteiger charge is 2.22. The highest BCUT2D eigenvalue weighted by atomic mass is 16.1. The molecule has 1 atom stereocenters. The Labute approximate surface area is 161 Å². The number of benzene rings is 1. The van der Waals surface area contributed by atoms with E-state index in [1.165, 1.54) is 12.0 Å². The van der Waals surface area contributed by atoms with Crippen molar-refractivity contribution in [2.75, 3.05) is 35.2 Å². The molecule has 0 aliphatic carbocycles. The Bertz CT molecular complexity index is 746. The third-order valence-corrected chi connectivity index (χ3v) is 4.97. The number of nitrogens with one attached hydrogen (secondary N) is 2. The fourth-order valence-corrected chi connectivity index (χ4v) is 3.50. The van der Waals surface area contributed by atoms with E-state index >= 15 is 0 Å². The number of carbonyl (C=O) groups excluding carboxylic acids is 1. The van der Waals surface area contributed by atoms with E-state index in [0.29, 0.717) is 12.3 Å². The molecule has 2 aromatic rings. The molecule has 144 valence electrons. The molecule has 1 aliphatic rings. The van der Waals surface area contributed by atoms with Gasteiger partial charge in [-0.15, -0.1) is 0 Å². The van der Waals surface area contributed by atoms with Crippen LogP contribution in [-0.4, -0.2) is 35.5 Å². The molecule has 1 unspecified atom stereocenters. The number of rotatable bonds is 7. The average molecular weight is 367 g/mol.